The van der Waals surface area contributed by atoms with Gasteiger partial charge in [-0.25, -0.2) is 4.39 Å². The molecule has 0 unspecified atom stereocenters. The van der Waals surface area contributed by atoms with Crippen LogP contribution in [0.3, 0.4) is 0 Å². The number of halogens is 4. The second-order valence-corrected chi connectivity index (χ2v) is 8.72. The van der Waals surface area contributed by atoms with E-state index in [1.54, 1.807) is 6.20 Å². The monoisotopic (exact) mass is 512 g/mol. The van der Waals surface area contributed by atoms with Crippen LogP contribution in [0.15, 0.2) is 36.5 Å². The van der Waals surface area contributed by atoms with E-state index in [9.17, 15) is 22.4 Å². The third-order valence-electron chi connectivity index (χ3n) is 5.20. The third-order valence-corrected chi connectivity index (χ3v) is 6.06. The molecule has 1 N–H and O–H groups in total. The zero-order valence-electron chi connectivity index (χ0n) is 18.3. The summed E-state index contributed by atoms with van der Waals surface area (Å²) < 4.78 is 60.2. The summed E-state index contributed by atoms with van der Waals surface area (Å²) in [4.78, 5) is 14.9. The molecule has 2 aromatic heterocycles. The predicted octanol–water partition coefficient (Wildman–Crippen LogP) is 3.56. The lowest BCUT2D eigenvalue weighted by Crippen LogP contribution is -2.26. The summed E-state index contributed by atoms with van der Waals surface area (Å²) in [5.74, 6) is -1.94. The van der Waals surface area contributed by atoms with Crippen molar-refractivity contribution in [1.82, 2.24) is 20.4 Å². The lowest BCUT2D eigenvalue weighted by atomic mass is 10.0. The van der Waals surface area contributed by atoms with Gasteiger partial charge in [-0.15, -0.1) is 28.5 Å². The average molecular weight is 512 g/mol. The molecule has 35 heavy (non-hydrogen) atoms. The van der Waals surface area contributed by atoms with Gasteiger partial charge in [0.2, 0.25) is 5.13 Å². The van der Waals surface area contributed by atoms with Crippen LogP contribution in [0.25, 0.3) is 0 Å². The fraction of sp³-hybridized carbons (Fsp3) is 0.381. The summed E-state index contributed by atoms with van der Waals surface area (Å²) in [6.07, 6.45) is -4.02. The highest BCUT2D eigenvalue weighted by Crippen LogP contribution is 2.31. The summed E-state index contributed by atoms with van der Waals surface area (Å²) >= 11 is 1.19. The van der Waals surface area contributed by atoms with Gasteiger partial charge >= 0.3 is 6.36 Å². The number of carbonyl (C=O) groups is 1. The lowest BCUT2D eigenvalue weighted by Gasteiger charge is -2.16. The number of hydrogen-bond acceptors (Lipinski definition) is 10. The van der Waals surface area contributed by atoms with Crippen LogP contribution in [0.5, 0.6) is 5.75 Å². The summed E-state index contributed by atoms with van der Waals surface area (Å²) in [5, 5.41) is 20.3. The highest BCUT2D eigenvalue weighted by Gasteiger charge is 2.33. The average Bonchev–Trinajstić information content (AvgIpc) is 3.46. The zero-order chi connectivity index (χ0) is 25.0. The van der Waals surface area contributed by atoms with Crippen molar-refractivity contribution >= 4 is 28.1 Å². The number of ether oxygens (including phenoxy) is 2. The van der Waals surface area contributed by atoms with E-state index in [0.29, 0.717) is 16.7 Å². The van der Waals surface area contributed by atoms with Gasteiger partial charge in [0.1, 0.15) is 11.1 Å². The molecule has 9 nitrogen and oxygen atoms in total. The van der Waals surface area contributed by atoms with Gasteiger partial charge in [0.05, 0.1) is 6.42 Å². The predicted molar refractivity (Wildman–Crippen MR) is 118 cm³/mol. The number of nitrogens with one attached hydrogen (secondary N) is 1. The molecule has 0 bridgehead atoms. The quantitative estimate of drug-likeness (QED) is 0.431. The van der Waals surface area contributed by atoms with E-state index in [-0.39, 0.29) is 18.0 Å². The highest BCUT2D eigenvalue weighted by molar-refractivity contribution is 7.15. The number of alkyl halides is 3. The van der Waals surface area contributed by atoms with Crippen LogP contribution >= 0.6 is 11.3 Å². The minimum Gasteiger partial charge on any atom is -0.403 e. The normalized spacial score (nSPS) is 16.8. The van der Waals surface area contributed by atoms with Crippen molar-refractivity contribution in [2.75, 3.05) is 30.4 Å². The van der Waals surface area contributed by atoms with E-state index in [2.05, 4.69) is 35.3 Å². The molecule has 0 radical (unpaired) electrons. The van der Waals surface area contributed by atoms with Crippen LogP contribution in [0, 0.1) is 5.82 Å². The Balaban J connectivity index is 1.37. The minimum atomic E-state index is -5.08. The van der Waals surface area contributed by atoms with Crippen LogP contribution in [-0.2, 0) is 16.0 Å². The van der Waals surface area contributed by atoms with E-state index >= 15 is 0 Å². The van der Waals surface area contributed by atoms with E-state index in [0.717, 1.165) is 30.9 Å². The maximum Gasteiger partial charge on any atom is 0.573 e. The highest BCUT2D eigenvalue weighted by atomic mass is 32.1. The number of rotatable bonds is 9. The van der Waals surface area contributed by atoms with Crippen molar-refractivity contribution in [1.29, 1.82) is 0 Å². The number of hydrogen-bond donors (Lipinski definition) is 1. The first-order chi connectivity index (χ1) is 16.7. The topological polar surface area (TPSA) is 102 Å². The molecule has 1 aromatic carbocycles. The summed E-state index contributed by atoms with van der Waals surface area (Å²) in [6, 6.07) is 6.56. The summed E-state index contributed by atoms with van der Waals surface area (Å²) in [6.45, 7) is 1.50. The minimum absolute atomic E-state index is 0.0241. The summed E-state index contributed by atoms with van der Waals surface area (Å²) in [5.41, 5.74) is 0.0241. The molecule has 0 amide bonds. The Morgan fingerprint density at radius 3 is 2.83 bits per heavy atom. The largest absolute Gasteiger partial charge is 0.573 e. The Morgan fingerprint density at radius 1 is 1.29 bits per heavy atom. The SMILES string of the molecule is CO[C@H](C(=O)Cc1nnc(N[C@@H]2CCN(c3cccnn3)C2)s1)c1ccc(F)c(OC(F)(F)F)c1. The van der Waals surface area contributed by atoms with Crippen molar-refractivity contribution in [2.45, 2.75) is 31.3 Å². The van der Waals surface area contributed by atoms with E-state index in [1.165, 1.54) is 24.5 Å². The first-order valence-electron chi connectivity index (χ1n) is 10.4. The number of Topliss-reactive ketones (excluding diaryl/α,β-unsaturated/α-hetero) is 1. The molecule has 3 aromatic rings. The Morgan fingerprint density at radius 2 is 2.11 bits per heavy atom. The van der Waals surface area contributed by atoms with Crippen molar-refractivity contribution in [3.63, 3.8) is 0 Å². The molecule has 4 rings (SSSR count). The Labute approximate surface area is 201 Å². The fourth-order valence-electron chi connectivity index (χ4n) is 3.69. The molecule has 14 heteroatoms. The number of benzene rings is 1. The molecule has 0 spiro atoms. The van der Waals surface area contributed by atoms with Gasteiger partial charge in [-0.3, -0.25) is 4.79 Å². The molecule has 3 heterocycles. The number of ketones is 1. The summed E-state index contributed by atoms with van der Waals surface area (Å²) in [7, 11) is 1.23. The number of methoxy groups -OCH3 is 1. The van der Waals surface area contributed by atoms with Gasteiger partial charge in [0, 0.05) is 32.4 Å². The zero-order valence-corrected chi connectivity index (χ0v) is 19.1. The Kier molecular flexibility index (Phi) is 7.40. The van der Waals surface area contributed by atoms with Crippen molar-refractivity contribution in [3.05, 3.63) is 52.9 Å². The van der Waals surface area contributed by atoms with Gasteiger partial charge in [-0.1, -0.05) is 17.4 Å². The molecule has 1 saturated heterocycles. The van der Waals surface area contributed by atoms with Crippen molar-refractivity contribution < 1.29 is 31.8 Å². The van der Waals surface area contributed by atoms with Gasteiger partial charge in [-0.05, 0) is 36.2 Å². The van der Waals surface area contributed by atoms with Crippen molar-refractivity contribution in [2.24, 2.45) is 0 Å². The maximum absolute atomic E-state index is 13.7. The van der Waals surface area contributed by atoms with E-state index in [1.807, 2.05) is 12.1 Å². The molecule has 1 aliphatic heterocycles. The molecular formula is C21H20F4N6O3S. The van der Waals surface area contributed by atoms with Gasteiger partial charge in [-0.2, -0.15) is 5.10 Å². The smallest absolute Gasteiger partial charge is 0.403 e. The fourth-order valence-corrected chi connectivity index (χ4v) is 4.51. The van der Waals surface area contributed by atoms with E-state index < -0.39 is 29.8 Å². The second-order valence-electron chi connectivity index (χ2n) is 7.66. The lowest BCUT2D eigenvalue weighted by molar-refractivity contribution is -0.275. The van der Waals surface area contributed by atoms with Crippen LogP contribution in [-0.4, -0.2) is 58.8 Å². The number of nitrogens with zero attached hydrogens (tertiary/aromatic N) is 5. The molecular weight excluding hydrogens is 492 g/mol. The number of carbonyl (C=O) groups excluding carboxylic acids is 1. The Hall–Kier alpha value is -3.39. The van der Waals surface area contributed by atoms with Gasteiger partial charge in [0.15, 0.2) is 23.2 Å². The molecule has 0 aliphatic carbocycles. The number of aromatic nitrogens is 4. The van der Waals surface area contributed by atoms with E-state index in [4.69, 9.17) is 4.74 Å². The maximum atomic E-state index is 13.7. The third kappa shape index (κ3) is 6.39. The first kappa shape index (κ1) is 24.7. The van der Waals surface area contributed by atoms with Crippen molar-refractivity contribution in [3.8, 4) is 5.75 Å². The molecule has 1 fully saturated rings. The first-order valence-corrected chi connectivity index (χ1v) is 11.3. The molecule has 186 valence electrons. The molecule has 1 aliphatic rings. The van der Waals surface area contributed by atoms with Crippen LogP contribution in [0.1, 0.15) is 23.1 Å². The Bertz CT molecular complexity index is 1160. The van der Waals surface area contributed by atoms with Gasteiger partial charge < -0.3 is 19.7 Å². The van der Waals surface area contributed by atoms with Crippen LogP contribution in [0.2, 0.25) is 0 Å². The standard InChI is InChI=1S/C21H20F4N6O3S/c1-33-19(12-4-5-14(22)16(9-12)34-21(23,24)25)15(32)10-18-29-30-20(35-18)27-13-6-8-31(11-13)17-3-2-7-26-28-17/h2-5,7,9,13,19H,6,8,10-11H2,1H3,(H,27,30)/t13-,19+/m1/s1. The second kappa shape index (κ2) is 10.5. The van der Waals surface area contributed by atoms with Crippen LogP contribution in [0.4, 0.5) is 28.5 Å². The van der Waals surface area contributed by atoms with Crippen LogP contribution < -0.4 is 15.0 Å². The number of anilines is 2. The van der Waals surface area contributed by atoms with Gasteiger partial charge in [0.25, 0.3) is 0 Å². The molecule has 0 saturated carbocycles. The molecule has 2 atom stereocenters.